The SMILES string of the molecule is CC.CC1C(=O)OC(C)(C)OC1=O.Cc1nsc(=O)[nH]1. The van der Waals surface area contributed by atoms with Gasteiger partial charge in [0.15, 0.2) is 5.92 Å². The quantitative estimate of drug-likeness (QED) is 0.577. The average Bonchev–Trinajstić information content (AvgIpc) is 2.72. The Morgan fingerprint density at radius 2 is 1.60 bits per heavy atom. The zero-order valence-electron chi connectivity index (χ0n) is 12.5. The van der Waals surface area contributed by atoms with E-state index in [2.05, 4.69) is 9.36 Å². The van der Waals surface area contributed by atoms with E-state index in [1.165, 1.54) is 20.8 Å². The molecule has 1 N–H and O–H groups in total. The van der Waals surface area contributed by atoms with Crippen molar-refractivity contribution in [2.24, 2.45) is 5.92 Å². The summed E-state index contributed by atoms with van der Waals surface area (Å²) >= 11 is 0.943. The molecular formula is C12H20N2O5S. The Hall–Kier alpha value is -1.70. The molecule has 20 heavy (non-hydrogen) atoms. The Morgan fingerprint density at radius 3 is 1.85 bits per heavy atom. The van der Waals surface area contributed by atoms with Gasteiger partial charge in [-0.3, -0.25) is 19.4 Å². The van der Waals surface area contributed by atoms with Gasteiger partial charge in [-0.25, -0.2) is 0 Å². The molecule has 0 bridgehead atoms. The standard InChI is InChI=1S/C7H10O4.C3H4N2OS.C2H6/c1-4-5(8)10-7(2,3)11-6(4)9;1-2-4-3(6)7-5-2;1-2/h4H,1-3H3;1H3,(H,4,5,6);1-2H3. The number of cyclic esters (lactones) is 2. The highest BCUT2D eigenvalue weighted by Crippen LogP contribution is 2.22. The smallest absolute Gasteiger partial charge is 0.323 e. The molecule has 0 radical (unpaired) electrons. The average molecular weight is 304 g/mol. The number of aromatic nitrogens is 2. The minimum Gasteiger partial charge on any atom is -0.422 e. The van der Waals surface area contributed by atoms with Crippen molar-refractivity contribution in [2.75, 3.05) is 0 Å². The van der Waals surface area contributed by atoms with Crippen LogP contribution in [0.25, 0.3) is 0 Å². The number of aryl methyl sites for hydroxylation is 1. The van der Waals surface area contributed by atoms with E-state index in [0.717, 1.165) is 11.5 Å². The molecule has 1 fully saturated rings. The van der Waals surface area contributed by atoms with Crippen LogP contribution in [0.15, 0.2) is 4.79 Å². The van der Waals surface area contributed by atoms with Gasteiger partial charge in [0.25, 0.3) is 5.79 Å². The maximum atomic E-state index is 10.9. The van der Waals surface area contributed by atoms with Gasteiger partial charge < -0.3 is 9.47 Å². The number of aromatic amines is 1. The van der Waals surface area contributed by atoms with Gasteiger partial charge in [-0.15, -0.1) is 0 Å². The Kier molecular flexibility index (Phi) is 7.12. The van der Waals surface area contributed by atoms with Crippen LogP contribution in [-0.2, 0) is 19.1 Å². The summed E-state index contributed by atoms with van der Waals surface area (Å²) < 4.78 is 13.2. The zero-order chi connectivity index (χ0) is 15.9. The van der Waals surface area contributed by atoms with Crippen molar-refractivity contribution in [1.82, 2.24) is 9.36 Å². The Bertz CT molecular complexity index is 486. The topological polar surface area (TPSA) is 98.3 Å². The largest absolute Gasteiger partial charge is 0.422 e. The first-order valence-electron chi connectivity index (χ1n) is 6.19. The molecule has 8 heteroatoms. The minimum absolute atomic E-state index is 0.0856. The van der Waals surface area contributed by atoms with Crippen molar-refractivity contribution < 1.29 is 19.1 Å². The molecule has 0 unspecified atom stereocenters. The van der Waals surface area contributed by atoms with Crippen LogP contribution in [0.5, 0.6) is 0 Å². The van der Waals surface area contributed by atoms with Gasteiger partial charge in [-0.05, 0) is 13.8 Å². The van der Waals surface area contributed by atoms with Gasteiger partial charge in [0.1, 0.15) is 5.82 Å². The number of rotatable bonds is 0. The zero-order valence-corrected chi connectivity index (χ0v) is 13.3. The van der Waals surface area contributed by atoms with E-state index < -0.39 is 23.6 Å². The molecule has 0 amide bonds. The number of carbonyl (C=O) groups is 2. The van der Waals surface area contributed by atoms with Gasteiger partial charge >= 0.3 is 16.8 Å². The maximum Gasteiger partial charge on any atom is 0.323 e. The third-order valence-corrected chi connectivity index (χ3v) is 2.58. The summed E-state index contributed by atoms with van der Waals surface area (Å²) in [6.45, 7) is 10.3. The van der Waals surface area contributed by atoms with Crippen molar-refractivity contribution in [3.63, 3.8) is 0 Å². The van der Waals surface area contributed by atoms with Crippen molar-refractivity contribution in [1.29, 1.82) is 0 Å². The van der Waals surface area contributed by atoms with Crippen LogP contribution < -0.4 is 4.87 Å². The molecule has 114 valence electrons. The fourth-order valence-electron chi connectivity index (χ4n) is 1.08. The molecule has 1 aromatic rings. The van der Waals surface area contributed by atoms with E-state index in [1.54, 1.807) is 6.92 Å². The molecule has 7 nitrogen and oxygen atoms in total. The van der Waals surface area contributed by atoms with Crippen molar-refractivity contribution in [2.45, 2.75) is 47.3 Å². The number of esters is 2. The lowest BCUT2D eigenvalue weighted by atomic mass is 10.1. The highest BCUT2D eigenvalue weighted by Gasteiger charge is 2.40. The second kappa shape index (κ2) is 7.78. The number of nitrogens with one attached hydrogen (secondary N) is 1. The lowest BCUT2D eigenvalue weighted by Gasteiger charge is -2.31. The Balaban J connectivity index is 0.000000345. The van der Waals surface area contributed by atoms with E-state index in [-0.39, 0.29) is 4.87 Å². The maximum absolute atomic E-state index is 10.9. The van der Waals surface area contributed by atoms with Crippen molar-refractivity contribution in [3.05, 3.63) is 15.5 Å². The van der Waals surface area contributed by atoms with Gasteiger partial charge in [-0.1, -0.05) is 13.8 Å². The number of ether oxygens (including phenoxy) is 2. The van der Waals surface area contributed by atoms with Crippen molar-refractivity contribution in [3.8, 4) is 0 Å². The predicted molar refractivity (Wildman–Crippen MR) is 74.2 cm³/mol. The molecule has 0 spiro atoms. The third-order valence-electron chi connectivity index (χ3n) is 1.95. The fraction of sp³-hybridized carbons (Fsp3) is 0.667. The molecular weight excluding hydrogens is 284 g/mol. The van der Waals surface area contributed by atoms with Crippen LogP contribution in [0.1, 0.15) is 40.4 Å². The molecule has 1 aliphatic rings. The molecule has 2 rings (SSSR count). The molecule has 0 atom stereocenters. The summed E-state index contributed by atoms with van der Waals surface area (Å²) in [6, 6.07) is 0. The molecule has 1 saturated heterocycles. The summed E-state index contributed by atoms with van der Waals surface area (Å²) in [5.74, 6) is -2.24. The minimum atomic E-state index is -1.10. The number of hydrogen-bond donors (Lipinski definition) is 1. The Labute approximate surface area is 121 Å². The highest BCUT2D eigenvalue weighted by molar-refractivity contribution is 7.02. The molecule has 0 aliphatic carbocycles. The van der Waals surface area contributed by atoms with Crippen LogP contribution in [0, 0.1) is 12.8 Å². The fourth-order valence-corrected chi connectivity index (χ4v) is 1.54. The van der Waals surface area contributed by atoms with E-state index in [9.17, 15) is 14.4 Å². The van der Waals surface area contributed by atoms with E-state index >= 15 is 0 Å². The number of hydrogen-bond acceptors (Lipinski definition) is 7. The molecule has 1 aromatic heterocycles. The highest BCUT2D eigenvalue weighted by atomic mass is 32.1. The third kappa shape index (κ3) is 5.96. The molecule has 1 aliphatic heterocycles. The summed E-state index contributed by atoms with van der Waals surface area (Å²) in [7, 11) is 0. The number of carbonyl (C=O) groups excluding carboxylic acids is 2. The molecule has 0 aromatic carbocycles. The van der Waals surface area contributed by atoms with Crippen LogP contribution >= 0.6 is 11.5 Å². The van der Waals surface area contributed by atoms with Crippen LogP contribution in [0.4, 0.5) is 0 Å². The molecule has 2 heterocycles. The van der Waals surface area contributed by atoms with Crippen LogP contribution in [0.3, 0.4) is 0 Å². The normalized spacial score (nSPS) is 16.9. The number of H-pyrrole nitrogens is 1. The second-order valence-electron chi connectivity index (χ2n) is 4.14. The first-order chi connectivity index (χ1) is 9.21. The first kappa shape index (κ1) is 18.3. The summed E-state index contributed by atoms with van der Waals surface area (Å²) in [4.78, 5) is 34.4. The lowest BCUT2D eigenvalue weighted by Crippen LogP contribution is -2.45. The monoisotopic (exact) mass is 304 g/mol. The summed E-state index contributed by atoms with van der Waals surface area (Å²) in [5, 5.41) is 0. The number of nitrogens with zero attached hydrogens (tertiary/aromatic N) is 1. The first-order valence-corrected chi connectivity index (χ1v) is 6.97. The van der Waals surface area contributed by atoms with Crippen LogP contribution in [0.2, 0.25) is 0 Å². The molecule has 0 saturated carbocycles. The lowest BCUT2D eigenvalue weighted by molar-refractivity contribution is -0.238. The summed E-state index contributed by atoms with van der Waals surface area (Å²) in [6.07, 6.45) is 0. The summed E-state index contributed by atoms with van der Waals surface area (Å²) in [5.41, 5.74) is 0. The van der Waals surface area contributed by atoms with Gasteiger partial charge in [-0.2, -0.15) is 4.37 Å². The van der Waals surface area contributed by atoms with E-state index in [0.29, 0.717) is 5.82 Å². The van der Waals surface area contributed by atoms with E-state index in [1.807, 2.05) is 13.8 Å². The van der Waals surface area contributed by atoms with E-state index in [4.69, 9.17) is 9.47 Å². The van der Waals surface area contributed by atoms with Gasteiger partial charge in [0, 0.05) is 25.4 Å². The van der Waals surface area contributed by atoms with Gasteiger partial charge in [0.2, 0.25) is 0 Å². The van der Waals surface area contributed by atoms with Crippen molar-refractivity contribution >= 4 is 23.5 Å². The van der Waals surface area contributed by atoms with Crippen LogP contribution in [-0.4, -0.2) is 27.1 Å². The second-order valence-corrected chi connectivity index (χ2v) is 4.88. The Morgan fingerprint density at radius 1 is 1.15 bits per heavy atom. The predicted octanol–water partition coefficient (Wildman–Crippen LogP) is 1.62. The van der Waals surface area contributed by atoms with Gasteiger partial charge in [0.05, 0.1) is 0 Å².